The van der Waals surface area contributed by atoms with E-state index in [4.69, 9.17) is 15.5 Å². The molecule has 0 spiro atoms. The number of hydrogen-bond donors (Lipinski definition) is 2. The molecule has 3 heteroatoms. The van der Waals surface area contributed by atoms with E-state index in [1.807, 2.05) is 0 Å². The van der Waals surface area contributed by atoms with Crippen LogP contribution in [-0.4, -0.2) is 16.5 Å². The third-order valence-corrected chi connectivity index (χ3v) is 1.33. The molecule has 0 aliphatic rings. The number of nitrogens with zero attached hydrogens (tertiary/aromatic N) is 1. The summed E-state index contributed by atoms with van der Waals surface area (Å²) < 4.78 is 0. The molecule has 0 atom stereocenters. The topological polar surface area (TPSA) is 64.2 Å². The number of nitriles is 1. The molecule has 0 aliphatic heterocycles. The van der Waals surface area contributed by atoms with Crippen molar-refractivity contribution in [2.24, 2.45) is 5.41 Å². The van der Waals surface area contributed by atoms with E-state index in [-0.39, 0.29) is 6.42 Å². The van der Waals surface area contributed by atoms with Gasteiger partial charge in [-0.3, -0.25) is 0 Å². The van der Waals surface area contributed by atoms with Crippen LogP contribution in [0.25, 0.3) is 0 Å². The molecular formula is C7H13NO2. The summed E-state index contributed by atoms with van der Waals surface area (Å²) in [4.78, 5) is 0. The van der Waals surface area contributed by atoms with Gasteiger partial charge in [0.05, 0.1) is 11.5 Å². The minimum Gasteiger partial charge on any atom is -0.368 e. The van der Waals surface area contributed by atoms with E-state index in [1.165, 1.54) is 0 Å². The fourth-order valence-electron chi connectivity index (χ4n) is 0.546. The van der Waals surface area contributed by atoms with E-state index < -0.39 is 11.7 Å². The van der Waals surface area contributed by atoms with E-state index in [9.17, 15) is 0 Å². The number of hydrogen-bond acceptors (Lipinski definition) is 3. The Morgan fingerprint density at radius 1 is 1.50 bits per heavy atom. The van der Waals surface area contributed by atoms with Gasteiger partial charge in [-0.05, 0) is 26.7 Å². The Labute approximate surface area is 60.9 Å². The Morgan fingerprint density at radius 2 is 2.00 bits per heavy atom. The average Bonchev–Trinajstić information content (AvgIpc) is 1.85. The zero-order chi connectivity index (χ0) is 8.20. The van der Waals surface area contributed by atoms with Crippen LogP contribution in [-0.2, 0) is 0 Å². The molecule has 2 N–H and O–H groups in total. The molecule has 0 aromatic rings. The van der Waals surface area contributed by atoms with Gasteiger partial charge in [0.15, 0.2) is 6.29 Å². The molecule has 0 bridgehead atoms. The third-order valence-electron chi connectivity index (χ3n) is 1.33. The highest BCUT2D eigenvalue weighted by Gasteiger charge is 2.17. The van der Waals surface area contributed by atoms with Crippen LogP contribution in [0.15, 0.2) is 0 Å². The molecule has 0 saturated heterocycles. The Morgan fingerprint density at radius 3 is 2.30 bits per heavy atom. The predicted molar refractivity (Wildman–Crippen MR) is 36.9 cm³/mol. The second kappa shape index (κ2) is 3.55. The van der Waals surface area contributed by atoms with Crippen molar-refractivity contribution in [2.75, 3.05) is 0 Å². The maximum atomic E-state index is 8.49. The van der Waals surface area contributed by atoms with Crippen molar-refractivity contribution in [1.29, 1.82) is 5.26 Å². The number of aliphatic hydroxyl groups is 2. The van der Waals surface area contributed by atoms with Crippen LogP contribution in [0.4, 0.5) is 0 Å². The molecule has 0 amide bonds. The lowest BCUT2D eigenvalue weighted by Gasteiger charge is -2.14. The van der Waals surface area contributed by atoms with Crippen LogP contribution < -0.4 is 0 Å². The lowest BCUT2D eigenvalue weighted by molar-refractivity contribution is -0.0500. The molecule has 0 aromatic heterocycles. The first-order chi connectivity index (χ1) is 4.48. The Balaban J connectivity index is 3.60. The van der Waals surface area contributed by atoms with Crippen LogP contribution >= 0.6 is 0 Å². The maximum absolute atomic E-state index is 8.49. The molecule has 0 fully saturated rings. The molecule has 0 aromatic carbocycles. The summed E-state index contributed by atoms with van der Waals surface area (Å²) in [5.74, 6) is 0. The summed E-state index contributed by atoms with van der Waals surface area (Å²) in [5, 5.41) is 25.4. The highest BCUT2D eigenvalue weighted by Crippen LogP contribution is 2.20. The van der Waals surface area contributed by atoms with Crippen LogP contribution in [0.1, 0.15) is 26.7 Å². The van der Waals surface area contributed by atoms with Crippen LogP contribution in [0.2, 0.25) is 0 Å². The lowest BCUT2D eigenvalue weighted by Crippen LogP contribution is -2.13. The largest absolute Gasteiger partial charge is 0.368 e. The van der Waals surface area contributed by atoms with E-state index in [0.29, 0.717) is 6.42 Å². The molecule has 0 aliphatic carbocycles. The molecule has 0 unspecified atom stereocenters. The Bertz CT molecular complexity index is 135. The SMILES string of the molecule is CC(C)(C#N)CCC(O)O. The van der Waals surface area contributed by atoms with Crippen LogP contribution in [0, 0.1) is 16.7 Å². The summed E-state index contributed by atoms with van der Waals surface area (Å²) in [5.41, 5.74) is -0.441. The number of aliphatic hydroxyl groups excluding tert-OH is 1. The molecule has 58 valence electrons. The normalized spacial score (nSPS) is 11.6. The quantitative estimate of drug-likeness (QED) is 0.569. The van der Waals surface area contributed by atoms with Crippen molar-refractivity contribution in [3.8, 4) is 6.07 Å². The smallest absolute Gasteiger partial charge is 0.151 e. The molecule has 0 rings (SSSR count). The van der Waals surface area contributed by atoms with Crippen molar-refractivity contribution in [2.45, 2.75) is 33.0 Å². The Kier molecular flexibility index (Phi) is 3.34. The van der Waals surface area contributed by atoms with Gasteiger partial charge in [-0.1, -0.05) is 0 Å². The van der Waals surface area contributed by atoms with Crippen molar-refractivity contribution in [1.82, 2.24) is 0 Å². The van der Waals surface area contributed by atoms with Gasteiger partial charge in [-0.2, -0.15) is 5.26 Å². The molecule has 0 saturated carbocycles. The minimum atomic E-state index is -1.28. The third kappa shape index (κ3) is 4.30. The van der Waals surface area contributed by atoms with Crippen molar-refractivity contribution in [3.63, 3.8) is 0 Å². The lowest BCUT2D eigenvalue weighted by atomic mass is 9.90. The molecule has 3 nitrogen and oxygen atoms in total. The monoisotopic (exact) mass is 143 g/mol. The molecular weight excluding hydrogens is 130 g/mol. The summed E-state index contributed by atoms with van der Waals surface area (Å²) >= 11 is 0. The van der Waals surface area contributed by atoms with Gasteiger partial charge in [0.1, 0.15) is 0 Å². The van der Waals surface area contributed by atoms with Gasteiger partial charge in [0, 0.05) is 0 Å². The predicted octanol–water partition coefficient (Wildman–Crippen LogP) is 0.627. The minimum absolute atomic E-state index is 0.264. The van der Waals surface area contributed by atoms with E-state index in [1.54, 1.807) is 13.8 Å². The standard InChI is InChI=1S/C7H13NO2/c1-7(2,5-8)4-3-6(9)10/h6,9-10H,3-4H2,1-2H3. The van der Waals surface area contributed by atoms with Gasteiger partial charge >= 0.3 is 0 Å². The number of rotatable bonds is 3. The first-order valence-corrected chi connectivity index (χ1v) is 3.25. The van der Waals surface area contributed by atoms with Crippen molar-refractivity contribution < 1.29 is 10.2 Å². The summed E-state index contributed by atoms with van der Waals surface area (Å²) in [7, 11) is 0. The summed E-state index contributed by atoms with van der Waals surface area (Å²) in [6.07, 6.45) is -0.505. The molecule has 10 heavy (non-hydrogen) atoms. The molecule has 0 radical (unpaired) electrons. The highest BCUT2D eigenvalue weighted by atomic mass is 16.5. The zero-order valence-electron chi connectivity index (χ0n) is 6.33. The Hall–Kier alpha value is -0.590. The van der Waals surface area contributed by atoms with Crippen molar-refractivity contribution >= 4 is 0 Å². The van der Waals surface area contributed by atoms with Gasteiger partial charge in [-0.25, -0.2) is 0 Å². The molecule has 0 heterocycles. The van der Waals surface area contributed by atoms with Crippen LogP contribution in [0.5, 0.6) is 0 Å². The maximum Gasteiger partial charge on any atom is 0.151 e. The van der Waals surface area contributed by atoms with Gasteiger partial charge in [0.2, 0.25) is 0 Å². The highest BCUT2D eigenvalue weighted by molar-refractivity contribution is 4.91. The summed E-state index contributed by atoms with van der Waals surface area (Å²) in [6.45, 7) is 3.55. The van der Waals surface area contributed by atoms with E-state index >= 15 is 0 Å². The van der Waals surface area contributed by atoms with Crippen molar-refractivity contribution in [3.05, 3.63) is 0 Å². The fraction of sp³-hybridized carbons (Fsp3) is 0.857. The van der Waals surface area contributed by atoms with Gasteiger partial charge < -0.3 is 10.2 Å². The van der Waals surface area contributed by atoms with E-state index in [0.717, 1.165) is 0 Å². The fourth-order valence-corrected chi connectivity index (χ4v) is 0.546. The van der Waals surface area contributed by atoms with Gasteiger partial charge in [-0.15, -0.1) is 0 Å². The second-order valence-electron chi connectivity index (χ2n) is 3.01. The van der Waals surface area contributed by atoms with Gasteiger partial charge in [0.25, 0.3) is 0 Å². The zero-order valence-corrected chi connectivity index (χ0v) is 6.33. The average molecular weight is 143 g/mol. The first-order valence-electron chi connectivity index (χ1n) is 3.25. The van der Waals surface area contributed by atoms with Crippen LogP contribution in [0.3, 0.4) is 0 Å². The summed E-state index contributed by atoms with van der Waals surface area (Å²) in [6, 6.07) is 2.07. The second-order valence-corrected chi connectivity index (χ2v) is 3.01. The first kappa shape index (κ1) is 9.41. The van der Waals surface area contributed by atoms with E-state index in [2.05, 4.69) is 6.07 Å².